The molecular weight excluding hydrogens is 388 g/mol. The third-order valence-corrected chi connectivity index (χ3v) is 5.59. The highest BCUT2D eigenvalue weighted by Gasteiger charge is 2.14. The van der Waals surface area contributed by atoms with E-state index in [0.29, 0.717) is 37.2 Å². The van der Waals surface area contributed by atoms with Crippen LogP contribution in [0.4, 0.5) is 0 Å². The predicted molar refractivity (Wildman–Crippen MR) is 104 cm³/mol. The average Bonchev–Trinajstić information content (AvgIpc) is 3.07. The Hall–Kier alpha value is -1.74. The number of carbonyl (C=O) groups excluding carboxylic acids is 1. The van der Waals surface area contributed by atoms with Crippen LogP contribution in [0.1, 0.15) is 45.4 Å². The summed E-state index contributed by atoms with van der Waals surface area (Å²) >= 11 is -1.22. The number of phenolic OH excluding ortho intramolecular Hbond substituents is 1. The first-order valence-electron chi connectivity index (χ1n) is 8.69. The number of hydrogen-bond acceptors (Lipinski definition) is 7. The number of phenols is 1. The third-order valence-electron chi connectivity index (χ3n) is 4.04. The van der Waals surface area contributed by atoms with Crippen LogP contribution in [-0.4, -0.2) is 32.5 Å². The minimum Gasteiger partial charge on any atom is -0.750 e. The zero-order valence-corrected chi connectivity index (χ0v) is 16.9. The molecule has 1 heterocycles. The van der Waals surface area contributed by atoms with Crippen LogP contribution in [-0.2, 0) is 33.1 Å². The van der Waals surface area contributed by atoms with Gasteiger partial charge in [-0.1, -0.05) is 12.1 Å². The van der Waals surface area contributed by atoms with E-state index in [1.807, 2.05) is 12.1 Å². The molecule has 2 aromatic rings. The summed E-state index contributed by atoms with van der Waals surface area (Å²) in [7, 11) is 0. The molecule has 0 aliphatic heterocycles. The van der Waals surface area contributed by atoms with Gasteiger partial charge in [0, 0.05) is 11.3 Å². The third kappa shape index (κ3) is 7.06. The van der Waals surface area contributed by atoms with Crippen molar-refractivity contribution in [1.82, 2.24) is 0 Å². The standard InChI is InChI=1S/C19H24O6S2/c1-3-24-19(21)18-10-9-16(26-18)6-4-5-15(25-27(22)23)11-14-8-7-13(2)17(20)12-14/h7-10,12,15,20H,3-6,11H2,1-2H3,(H,22,23)/p-1. The van der Waals surface area contributed by atoms with Gasteiger partial charge in [0.15, 0.2) is 0 Å². The smallest absolute Gasteiger partial charge is 0.348 e. The zero-order chi connectivity index (χ0) is 19.8. The van der Waals surface area contributed by atoms with Crippen molar-refractivity contribution in [2.75, 3.05) is 6.61 Å². The van der Waals surface area contributed by atoms with Gasteiger partial charge in [-0.15, -0.1) is 11.3 Å². The Bertz CT molecular complexity index is 786. The van der Waals surface area contributed by atoms with Crippen LogP contribution < -0.4 is 0 Å². The summed E-state index contributed by atoms with van der Waals surface area (Å²) in [5, 5.41) is 9.81. The molecule has 0 radical (unpaired) electrons. The molecule has 27 heavy (non-hydrogen) atoms. The molecule has 0 saturated heterocycles. The molecule has 0 saturated carbocycles. The minimum atomic E-state index is -2.60. The summed E-state index contributed by atoms with van der Waals surface area (Å²) in [6.45, 7) is 3.90. The SMILES string of the molecule is CCOC(=O)c1ccc(CCCC(Cc2ccc(C)c(O)c2)OS(=O)[O-])s1. The molecule has 1 aromatic carbocycles. The van der Waals surface area contributed by atoms with Gasteiger partial charge in [0.1, 0.15) is 10.6 Å². The van der Waals surface area contributed by atoms with Crippen molar-refractivity contribution in [2.24, 2.45) is 0 Å². The van der Waals surface area contributed by atoms with Crippen molar-refractivity contribution in [3.8, 4) is 5.75 Å². The van der Waals surface area contributed by atoms with E-state index in [-0.39, 0.29) is 11.7 Å². The lowest BCUT2D eigenvalue weighted by molar-refractivity contribution is 0.0532. The topological polar surface area (TPSA) is 95.9 Å². The summed E-state index contributed by atoms with van der Waals surface area (Å²) in [5.74, 6) is -0.143. The molecule has 6 nitrogen and oxygen atoms in total. The summed E-state index contributed by atoms with van der Waals surface area (Å²) in [4.78, 5) is 13.3. The number of aryl methyl sites for hydroxylation is 2. The molecular formula is C19H23O6S2-. The minimum absolute atomic E-state index is 0.180. The Kier molecular flexibility index (Phi) is 8.43. The summed E-state index contributed by atoms with van der Waals surface area (Å²) in [5.41, 5.74) is 1.58. The molecule has 0 aliphatic rings. The van der Waals surface area contributed by atoms with Crippen molar-refractivity contribution in [2.45, 2.75) is 45.6 Å². The number of benzene rings is 1. The van der Waals surface area contributed by atoms with Crippen molar-refractivity contribution < 1.29 is 27.6 Å². The maximum absolute atomic E-state index is 11.7. The highest BCUT2D eigenvalue weighted by Crippen LogP contribution is 2.23. The molecule has 0 bridgehead atoms. The van der Waals surface area contributed by atoms with Crippen molar-refractivity contribution in [3.63, 3.8) is 0 Å². The van der Waals surface area contributed by atoms with Crippen LogP contribution in [0.25, 0.3) is 0 Å². The Morgan fingerprint density at radius 3 is 2.78 bits per heavy atom. The van der Waals surface area contributed by atoms with Gasteiger partial charge in [-0.05, 0) is 62.4 Å². The van der Waals surface area contributed by atoms with Crippen LogP contribution in [0.2, 0.25) is 0 Å². The van der Waals surface area contributed by atoms with Gasteiger partial charge in [0.05, 0.1) is 24.1 Å². The highest BCUT2D eigenvalue weighted by atomic mass is 32.2. The molecule has 1 aromatic heterocycles. The fraction of sp³-hybridized carbons (Fsp3) is 0.421. The predicted octanol–water partition coefficient (Wildman–Crippen LogP) is 3.68. The second-order valence-corrected chi connectivity index (χ2v) is 7.90. The van der Waals surface area contributed by atoms with E-state index in [0.717, 1.165) is 16.0 Å². The van der Waals surface area contributed by atoms with E-state index in [1.54, 1.807) is 32.0 Å². The molecule has 2 unspecified atom stereocenters. The van der Waals surface area contributed by atoms with Crippen LogP contribution in [0, 0.1) is 6.92 Å². The quantitative estimate of drug-likeness (QED) is 0.473. The van der Waals surface area contributed by atoms with E-state index < -0.39 is 17.5 Å². The van der Waals surface area contributed by atoms with Gasteiger partial charge in [-0.3, -0.25) is 4.18 Å². The van der Waals surface area contributed by atoms with E-state index in [1.165, 1.54) is 11.3 Å². The van der Waals surface area contributed by atoms with Gasteiger partial charge in [-0.25, -0.2) is 9.00 Å². The normalized spacial score (nSPS) is 13.3. The second kappa shape index (κ2) is 10.6. The molecule has 2 atom stereocenters. The van der Waals surface area contributed by atoms with Gasteiger partial charge in [0.2, 0.25) is 0 Å². The monoisotopic (exact) mass is 411 g/mol. The van der Waals surface area contributed by atoms with Crippen LogP contribution >= 0.6 is 11.3 Å². The molecule has 1 N–H and O–H groups in total. The molecule has 0 amide bonds. The van der Waals surface area contributed by atoms with E-state index in [4.69, 9.17) is 8.92 Å². The molecule has 0 spiro atoms. The summed E-state index contributed by atoms with van der Waals surface area (Å²) in [6.07, 6.45) is 1.85. The Morgan fingerprint density at radius 1 is 1.33 bits per heavy atom. The van der Waals surface area contributed by atoms with E-state index in [2.05, 4.69) is 0 Å². The van der Waals surface area contributed by atoms with Crippen molar-refractivity contribution in [3.05, 3.63) is 51.2 Å². The van der Waals surface area contributed by atoms with Gasteiger partial charge in [-0.2, -0.15) is 0 Å². The fourth-order valence-electron chi connectivity index (χ4n) is 2.67. The lowest BCUT2D eigenvalue weighted by Crippen LogP contribution is -2.18. The van der Waals surface area contributed by atoms with Gasteiger partial charge in [0.25, 0.3) is 0 Å². The number of hydrogen-bond donors (Lipinski definition) is 1. The number of thiophene rings is 1. The average molecular weight is 412 g/mol. The fourth-order valence-corrected chi connectivity index (χ4v) is 4.00. The highest BCUT2D eigenvalue weighted by molar-refractivity contribution is 7.74. The molecule has 0 aliphatic carbocycles. The first-order chi connectivity index (χ1) is 12.9. The van der Waals surface area contributed by atoms with Crippen molar-refractivity contribution >= 4 is 28.7 Å². The second-order valence-electron chi connectivity index (χ2n) is 6.13. The first kappa shape index (κ1) is 21.6. The number of esters is 1. The molecule has 148 valence electrons. The molecule has 2 rings (SSSR count). The van der Waals surface area contributed by atoms with Gasteiger partial charge >= 0.3 is 5.97 Å². The lowest BCUT2D eigenvalue weighted by Gasteiger charge is -2.19. The lowest BCUT2D eigenvalue weighted by atomic mass is 10.0. The van der Waals surface area contributed by atoms with Crippen molar-refractivity contribution in [1.29, 1.82) is 0 Å². The number of ether oxygens (including phenoxy) is 1. The largest absolute Gasteiger partial charge is 0.750 e. The maximum Gasteiger partial charge on any atom is 0.348 e. The Morgan fingerprint density at radius 2 is 2.11 bits per heavy atom. The molecule has 8 heteroatoms. The first-order valence-corrected chi connectivity index (χ1v) is 10.5. The molecule has 0 fully saturated rings. The number of carbonyl (C=O) groups is 1. The van der Waals surface area contributed by atoms with E-state index >= 15 is 0 Å². The maximum atomic E-state index is 11.7. The van der Waals surface area contributed by atoms with Crippen LogP contribution in [0.15, 0.2) is 30.3 Å². The van der Waals surface area contributed by atoms with Gasteiger partial charge < -0.3 is 14.4 Å². The summed E-state index contributed by atoms with van der Waals surface area (Å²) < 4.78 is 31.9. The summed E-state index contributed by atoms with van der Waals surface area (Å²) in [6, 6.07) is 8.90. The van der Waals surface area contributed by atoms with Crippen LogP contribution in [0.3, 0.4) is 0 Å². The number of aromatic hydroxyl groups is 1. The van der Waals surface area contributed by atoms with E-state index in [9.17, 15) is 18.7 Å². The number of rotatable bonds is 10. The Labute approximate surface area is 165 Å². The Balaban J connectivity index is 1.91. The zero-order valence-electron chi connectivity index (χ0n) is 15.3. The van der Waals surface area contributed by atoms with Crippen LogP contribution in [0.5, 0.6) is 5.75 Å².